The fourth-order valence-corrected chi connectivity index (χ4v) is 4.25. The Hall–Kier alpha value is -1.31. The molecule has 22 heavy (non-hydrogen) atoms. The molecule has 1 saturated heterocycles. The van der Waals surface area contributed by atoms with E-state index in [4.69, 9.17) is 14.9 Å². The topological polar surface area (TPSA) is 74.4 Å². The molecule has 7 heteroatoms. The van der Waals surface area contributed by atoms with Crippen LogP contribution >= 0.6 is 0 Å². The van der Waals surface area contributed by atoms with E-state index in [2.05, 4.69) is 4.98 Å². The molecule has 122 valence electrons. The number of Topliss-reactive ketones (excluding diaryl/α,β-unsaturated/α-hetero) is 1. The highest BCUT2D eigenvalue weighted by atomic mass is 28.4. The summed E-state index contributed by atoms with van der Waals surface area (Å²) in [5.74, 6) is -0.588. The molecule has 5 nitrogen and oxygen atoms in total. The lowest BCUT2D eigenvalue weighted by atomic mass is 9.85. The summed E-state index contributed by atoms with van der Waals surface area (Å²) in [5.41, 5.74) is 5.31. The van der Waals surface area contributed by atoms with Crippen molar-refractivity contribution in [1.29, 1.82) is 0 Å². The van der Waals surface area contributed by atoms with Crippen LogP contribution < -0.4 is 5.73 Å². The van der Waals surface area contributed by atoms with Gasteiger partial charge in [0.15, 0.2) is 14.5 Å². The molecule has 2 heterocycles. The van der Waals surface area contributed by atoms with Gasteiger partial charge < -0.3 is 14.9 Å². The number of ether oxygens (including phenoxy) is 1. The van der Waals surface area contributed by atoms with Crippen LogP contribution in [0.2, 0.25) is 19.6 Å². The standard InChI is InChI=1S/C15H23FN2O3Si/c1-9-15(2,21-22(3,4)5)14(19)12(16)13(20-9)10-6-7-18-8-11(10)17/h6-9,12-13H,17H2,1-5H3. The maximum absolute atomic E-state index is 14.7. The molecule has 1 aliphatic heterocycles. The predicted molar refractivity (Wildman–Crippen MR) is 84.7 cm³/mol. The fraction of sp³-hybridized carbons (Fsp3) is 0.600. The first-order valence-corrected chi connectivity index (χ1v) is 10.7. The summed E-state index contributed by atoms with van der Waals surface area (Å²) in [7, 11) is -2.04. The second-order valence-corrected chi connectivity index (χ2v) is 11.2. The van der Waals surface area contributed by atoms with Crippen molar-refractivity contribution >= 4 is 19.8 Å². The smallest absolute Gasteiger partial charge is 0.202 e. The molecule has 4 atom stereocenters. The van der Waals surface area contributed by atoms with Gasteiger partial charge in [0.25, 0.3) is 0 Å². The van der Waals surface area contributed by atoms with Gasteiger partial charge in [-0.05, 0) is 39.6 Å². The number of hydrogen-bond donors (Lipinski definition) is 1. The van der Waals surface area contributed by atoms with Gasteiger partial charge in [0, 0.05) is 11.8 Å². The van der Waals surface area contributed by atoms with Crippen LogP contribution in [0.1, 0.15) is 25.5 Å². The molecule has 1 aromatic rings. The van der Waals surface area contributed by atoms with E-state index in [1.165, 1.54) is 12.4 Å². The third-order valence-corrected chi connectivity index (χ3v) is 4.88. The molecule has 0 aliphatic carbocycles. The molecule has 0 radical (unpaired) electrons. The van der Waals surface area contributed by atoms with Gasteiger partial charge >= 0.3 is 0 Å². The average molecular weight is 326 g/mol. The zero-order chi connectivity index (χ0) is 16.7. The van der Waals surface area contributed by atoms with Crippen molar-refractivity contribution in [2.24, 2.45) is 0 Å². The van der Waals surface area contributed by atoms with Gasteiger partial charge in [0.2, 0.25) is 5.78 Å². The maximum atomic E-state index is 14.7. The van der Waals surface area contributed by atoms with Gasteiger partial charge in [-0.1, -0.05) is 0 Å². The van der Waals surface area contributed by atoms with Gasteiger partial charge in [0.05, 0.1) is 18.0 Å². The lowest BCUT2D eigenvalue weighted by molar-refractivity contribution is -0.189. The Labute approximate surface area is 131 Å². The number of rotatable bonds is 3. The lowest BCUT2D eigenvalue weighted by Crippen LogP contribution is -2.61. The minimum absolute atomic E-state index is 0.310. The number of aromatic nitrogens is 1. The number of ketones is 1. The van der Waals surface area contributed by atoms with Crippen LogP contribution in [-0.4, -0.2) is 37.0 Å². The number of carbonyl (C=O) groups excluding carboxylic acids is 1. The lowest BCUT2D eigenvalue weighted by Gasteiger charge is -2.45. The SMILES string of the molecule is CC1OC(c2ccncc2N)C(F)C(=O)C1(C)O[Si](C)(C)C. The Morgan fingerprint density at radius 3 is 2.64 bits per heavy atom. The summed E-state index contributed by atoms with van der Waals surface area (Å²) in [5, 5.41) is 0. The van der Waals surface area contributed by atoms with Crippen molar-refractivity contribution in [3.05, 3.63) is 24.0 Å². The Kier molecular flexibility index (Phi) is 4.43. The molecule has 0 saturated carbocycles. The molecule has 0 amide bonds. The summed E-state index contributed by atoms with van der Waals surface area (Å²) in [6, 6.07) is 1.58. The van der Waals surface area contributed by atoms with E-state index in [1.807, 2.05) is 19.6 Å². The monoisotopic (exact) mass is 326 g/mol. The zero-order valence-corrected chi connectivity index (χ0v) is 14.6. The number of pyridine rings is 1. The van der Waals surface area contributed by atoms with Crippen molar-refractivity contribution in [3.63, 3.8) is 0 Å². The quantitative estimate of drug-likeness (QED) is 0.864. The molecule has 0 aromatic carbocycles. The van der Waals surface area contributed by atoms with Crippen LogP contribution in [0.25, 0.3) is 0 Å². The fourth-order valence-electron chi connectivity index (χ4n) is 2.71. The Morgan fingerprint density at radius 1 is 1.45 bits per heavy atom. The number of nitrogens with two attached hydrogens (primary N) is 1. The first-order valence-electron chi connectivity index (χ1n) is 7.29. The van der Waals surface area contributed by atoms with E-state index in [9.17, 15) is 9.18 Å². The number of nitrogens with zero attached hydrogens (tertiary/aromatic N) is 1. The van der Waals surface area contributed by atoms with Crippen LogP contribution in [0.3, 0.4) is 0 Å². The summed E-state index contributed by atoms with van der Waals surface area (Å²) in [4.78, 5) is 16.5. The first kappa shape index (κ1) is 17.0. The minimum Gasteiger partial charge on any atom is -0.403 e. The van der Waals surface area contributed by atoms with Crippen LogP contribution in [0.15, 0.2) is 18.5 Å². The van der Waals surface area contributed by atoms with Gasteiger partial charge in [-0.3, -0.25) is 9.78 Å². The van der Waals surface area contributed by atoms with Gasteiger partial charge in [-0.25, -0.2) is 4.39 Å². The molecule has 0 bridgehead atoms. The molecule has 4 unspecified atom stereocenters. The largest absolute Gasteiger partial charge is 0.403 e. The Morgan fingerprint density at radius 2 is 2.09 bits per heavy atom. The predicted octanol–water partition coefficient (Wildman–Crippen LogP) is 2.64. The molecule has 2 N–H and O–H groups in total. The van der Waals surface area contributed by atoms with Crippen molar-refractivity contribution in [2.45, 2.75) is 57.5 Å². The van der Waals surface area contributed by atoms with Crippen molar-refractivity contribution in [3.8, 4) is 0 Å². The van der Waals surface area contributed by atoms with E-state index in [0.29, 0.717) is 11.3 Å². The first-order chi connectivity index (χ1) is 10.1. The number of anilines is 1. The summed E-state index contributed by atoms with van der Waals surface area (Å²) < 4.78 is 26.5. The van der Waals surface area contributed by atoms with Crippen LogP contribution in [-0.2, 0) is 14.0 Å². The van der Waals surface area contributed by atoms with Crippen molar-refractivity contribution < 1.29 is 18.3 Å². The molecule has 1 aromatic heterocycles. The van der Waals surface area contributed by atoms with Gasteiger partial charge in [-0.15, -0.1) is 0 Å². The highest BCUT2D eigenvalue weighted by Gasteiger charge is 2.54. The molecule has 1 aliphatic rings. The molecule has 1 fully saturated rings. The number of nitrogen functional groups attached to an aromatic ring is 1. The van der Waals surface area contributed by atoms with Crippen LogP contribution in [0, 0.1) is 0 Å². The van der Waals surface area contributed by atoms with E-state index < -0.39 is 38.1 Å². The summed E-state index contributed by atoms with van der Waals surface area (Å²) in [6.07, 6.45) is -0.488. The van der Waals surface area contributed by atoms with E-state index in [-0.39, 0.29) is 0 Å². The molecule has 2 rings (SSSR count). The Balaban J connectivity index is 2.34. The normalized spacial score (nSPS) is 33.0. The van der Waals surface area contributed by atoms with Gasteiger partial charge in [0.1, 0.15) is 11.7 Å². The third-order valence-electron chi connectivity index (χ3n) is 3.84. The molecule has 0 spiro atoms. The Bertz CT molecular complexity index is 578. The maximum Gasteiger partial charge on any atom is 0.202 e. The summed E-state index contributed by atoms with van der Waals surface area (Å²) >= 11 is 0. The number of carbonyl (C=O) groups is 1. The van der Waals surface area contributed by atoms with Crippen molar-refractivity contribution in [2.75, 3.05) is 5.73 Å². The highest BCUT2D eigenvalue weighted by Crippen LogP contribution is 2.40. The second kappa shape index (κ2) is 5.71. The molecular weight excluding hydrogens is 303 g/mol. The van der Waals surface area contributed by atoms with Crippen molar-refractivity contribution in [1.82, 2.24) is 4.98 Å². The average Bonchev–Trinajstić information content (AvgIpc) is 2.40. The summed E-state index contributed by atoms with van der Waals surface area (Å²) in [6.45, 7) is 9.21. The highest BCUT2D eigenvalue weighted by molar-refractivity contribution is 6.70. The number of hydrogen-bond acceptors (Lipinski definition) is 5. The zero-order valence-electron chi connectivity index (χ0n) is 13.6. The number of alkyl halides is 1. The van der Waals surface area contributed by atoms with E-state index >= 15 is 0 Å². The van der Waals surface area contributed by atoms with E-state index in [1.54, 1.807) is 19.9 Å². The number of halogens is 1. The van der Waals surface area contributed by atoms with Crippen LogP contribution in [0.4, 0.5) is 10.1 Å². The molecular formula is C15H23FN2O3Si. The minimum atomic E-state index is -2.04. The van der Waals surface area contributed by atoms with Crippen LogP contribution in [0.5, 0.6) is 0 Å². The third kappa shape index (κ3) is 3.06. The van der Waals surface area contributed by atoms with Gasteiger partial charge in [-0.2, -0.15) is 0 Å². The second-order valence-electron chi connectivity index (χ2n) is 6.79. The van der Waals surface area contributed by atoms with E-state index in [0.717, 1.165) is 0 Å².